The van der Waals surface area contributed by atoms with Crippen molar-refractivity contribution >= 4 is 11.6 Å². The Labute approximate surface area is 104 Å². The van der Waals surface area contributed by atoms with Crippen LogP contribution in [0.25, 0.3) is 5.65 Å². The lowest BCUT2D eigenvalue weighted by Gasteiger charge is -2.01. The number of nitrogens with one attached hydrogen (secondary N) is 3. The summed E-state index contributed by atoms with van der Waals surface area (Å²) in [5, 5.41) is 19.7. The maximum atomic E-state index is 11.6. The molecule has 0 fully saturated rings. The van der Waals surface area contributed by atoms with E-state index in [-0.39, 0.29) is 23.4 Å². The van der Waals surface area contributed by atoms with Crippen LogP contribution in [0.2, 0.25) is 0 Å². The molecule has 0 unspecified atom stereocenters. The second-order valence-corrected chi connectivity index (χ2v) is 3.64. The van der Waals surface area contributed by atoms with Gasteiger partial charge in [-0.25, -0.2) is 0 Å². The summed E-state index contributed by atoms with van der Waals surface area (Å²) in [6.07, 6.45) is 4.39. The lowest BCUT2D eigenvalue weighted by atomic mass is 10.4. The molecule has 0 atom stereocenters. The number of rotatable bonds is 3. The standard InChI is InChI=1S/C9H8N8O2/c18-8(5-3-12-16-13-5)11-4-6-14-15-7-9(19)10-1-2-17(6)7/h1-3H,4H2,(H,10,19)(H,11,18)(H,12,13,16). The fraction of sp³-hybridized carbons (Fsp3) is 0.111. The van der Waals surface area contributed by atoms with Crippen molar-refractivity contribution in [1.29, 1.82) is 0 Å². The number of H-pyrrole nitrogens is 2. The molecule has 0 aliphatic heterocycles. The van der Waals surface area contributed by atoms with E-state index in [4.69, 9.17) is 0 Å². The first-order chi connectivity index (χ1) is 9.25. The molecule has 0 aliphatic rings. The average Bonchev–Trinajstić information content (AvgIpc) is 3.06. The van der Waals surface area contributed by atoms with Gasteiger partial charge >= 0.3 is 0 Å². The second kappa shape index (κ2) is 4.33. The number of aromatic amines is 2. The van der Waals surface area contributed by atoms with Gasteiger partial charge in [0.2, 0.25) is 5.65 Å². The number of carbonyl (C=O) groups is 1. The van der Waals surface area contributed by atoms with Crippen LogP contribution >= 0.6 is 0 Å². The first-order valence-corrected chi connectivity index (χ1v) is 5.31. The topological polar surface area (TPSA) is 134 Å². The maximum absolute atomic E-state index is 11.6. The highest BCUT2D eigenvalue weighted by Crippen LogP contribution is 1.98. The molecule has 0 spiro atoms. The number of fused-ring (bicyclic) bond motifs is 1. The van der Waals surface area contributed by atoms with Crippen LogP contribution in [0.5, 0.6) is 0 Å². The third-order valence-electron chi connectivity index (χ3n) is 2.46. The number of amides is 1. The molecule has 3 aromatic rings. The van der Waals surface area contributed by atoms with E-state index in [2.05, 4.69) is 35.9 Å². The summed E-state index contributed by atoms with van der Waals surface area (Å²) in [6, 6.07) is 0. The van der Waals surface area contributed by atoms with Crippen molar-refractivity contribution in [3.63, 3.8) is 0 Å². The summed E-state index contributed by atoms with van der Waals surface area (Å²) < 4.78 is 1.50. The van der Waals surface area contributed by atoms with Crippen LogP contribution in [0.15, 0.2) is 23.4 Å². The highest BCUT2D eigenvalue weighted by Gasteiger charge is 2.11. The molecular weight excluding hydrogens is 252 g/mol. The van der Waals surface area contributed by atoms with Gasteiger partial charge in [0.15, 0.2) is 11.5 Å². The Morgan fingerprint density at radius 3 is 3.11 bits per heavy atom. The minimum Gasteiger partial charge on any atom is -0.343 e. The summed E-state index contributed by atoms with van der Waals surface area (Å²) in [6.45, 7) is 0.121. The van der Waals surface area contributed by atoms with E-state index in [0.717, 1.165) is 0 Å². The van der Waals surface area contributed by atoms with E-state index in [1.165, 1.54) is 16.8 Å². The van der Waals surface area contributed by atoms with E-state index in [1.807, 2.05) is 0 Å². The lowest BCUT2D eigenvalue weighted by Crippen LogP contribution is -2.24. The molecule has 96 valence electrons. The van der Waals surface area contributed by atoms with Crippen LogP contribution in [0.1, 0.15) is 16.3 Å². The monoisotopic (exact) mass is 260 g/mol. The molecule has 0 aromatic carbocycles. The van der Waals surface area contributed by atoms with Gasteiger partial charge in [-0.05, 0) is 0 Å². The molecule has 10 heteroatoms. The SMILES string of the molecule is O=C(NCc1nnc2c(=O)[nH]ccn12)c1cn[nH]n1. The molecule has 10 nitrogen and oxygen atoms in total. The molecular formula is C9H8N8O2. The highest BCUT2D eigenvalue weighted by molar-refractivity contribution is 5.91. The van der Waals surface area contributed by atoms with Crippen molar-refractivity contribution < 1.29 is 4.79 Å². The normalized spacial score (nSPS) is 10.7. The van der Waals surface area contributed by atoms with Crippen LogP contribution in [0.3, 0.4) is 0 Å². The van der Waals surface area contributed by atoms with Gasteiger partial charge in [0.1, 0.15) is 0 Å². The summed E-state index contributed by atoms with van der Waals surface area (Å²) in [7, 11) is 0. The van der Waals surface area contributed by atoms with Crippen molar-refractivity contribution in [3.05, 3.63) is 40.5 Å². The summed E-state index contributed by atoms with van der Waals surface area (Å²) >= 11 is 0. The van der Waals surface area contributed by atoms with E-state index in [0.29, 0.717) is 5.82 Å². The van der Waals surface area contributed by atoms with E-state index in [1.54, 1.807) is 6.20 Å². The fourth-order valence-electron chi connectivity index (χ4n) is 1.57. The molecule has 1 amide bonds. The first-order valence-electron chi connectivity index (χ1n) is 5.31. The molecule has 3 rings (SSSR count). The van der Waals surface area contributed by atoms with Gasteiger partial charge < -0.3 is 10.3 Å². The average molecular weight is 260 g/mol. The van der Waals surface area contributed by atoms with Crippen LogP contribution in [-0.4, -0.2) is 40.9 Å². The molecule has 3 aromatic heterocycles. The zero-order valence-corrected chi connectivity index (χ0v) is 9.49. The first kappa shape index (κ1) is 11.1. The Hall–Kier alpha value is -3.04. The van der Waals surface area contributed by atoms with Crippen molar-refractivity contribution in [1.82, 2.24) is 40.3 Å². The Balaban J connectivity index is 1.81. The van der Waals surface area contributed by atoms with E-state index >= 15 is 0 Å². The smallest absolute Gasteiger partial charge is 0.293 e. The number of nitrogens with zero attached hydrogens (tertiary/aromatic N) is 5. The predicted molar refractivity (Wildman–Crippen MR) is 61.2 cm³/mol. The van der Waals surface area contributed by atoms with Gasteiger partial charge in [-0.15, -0.1) is 10.2 Å². The van der Waals surface area contributed by atoms with Gasteiger partial charge in [-0.1, -0.05) is 0 Å². The van der Waals surface area contributed by atoms with Crippen LogP contribution in [-0.2, 0) is 6.54 Å². The van der Waals surface area contributed by atoms with Gasteiger partial charge in [-0.2, -0.15) is 15.4 Å². The molecule has 0 saturated heterocycles. The Morgan fingerprint density at radius 1 is 1.42 bits per heavy atom. The molecule has 0 bridgehead atoms. The van der Waals surface area contributed by atoms with Crippen molar-refractivity contribution in [3.8, 4) is 0 Å². The number of aromatic nitrogens is 7. The molecule has 3 N–H and O–H groups in total. The zero-order valence-electron chi connectivity index (χ0n) is 9.49. The number of hydrogen-bond donors (Lipinski definition) is 3. The lowest BCUT2D eigenvalue weighted by molar-refractivity contribution is 0.0944. The predicted octanol–water partition coefficient (Wildman–Crippen LogP) is -1.53. The van der Waals surface area contributed by atoms with Gasteiger partial charge in [-0.3, -0.25) is 14.0 Å². The second-order valence-electron chi connectivity index (χ2n) is 3.64. The molecule has 0 aliphatic carbocycles. The van der Waals surface area contributed by atoms with Crippen molar-refractivity contribution in [2.24, 2.45) is 0 Å². The zero-order chi connectivity index (χ0) is 13.2. The van der Waals surface area contributed by atoms with Crippen LogP contribution in [0, 0.1) is 0 Å². The third kappa shape index (κ3) is 1.94. The van der Waals surface area contributed by atoms with Gasteiger partial charge in [0, 0.05) is 12.4 Å². The van der Waals surface area contributed by atoms with Crippen LogP contribution in [0.4, 0.5) is 0 Å². The largest absolute Gasteiger partial charge is 0.343 e. The minimum atomic E-state index is -0.393. The molecule has 19 heavy (non-hydrogen) atoms. The Morgan fingerprint density at radius 2 is 2.32 bits per heavy atom. The summed E-state index contributed by atoms with van der Waals surface area (Å²) in [5.41, 5.74) is 0.00364. The maximum Gasteiger partial charge on any atom is 0.293 e. The number of carbonyl (C=O) groups excluding carboxylic acids is 1. The Kier molecular flexibility index (Phi) is 2.52. The van der Waals surface area contributed by atoms with Gasteiger partial charge in [0.05, 0.1) is 12.7 Å². The summed E-state index contributed by atoms with van der Waals surface area (Å²) in [5.74, 6) is 0.0493. The Bertz CT molecular complexity index is 771. The quantitative estimate of drug-likeness (QED) is 0.522. The van der Waals surface area contributed by atoms with Crippen molar-refractivity contribution in [2.45, 2.75) is 6.54 Å². The molecule has 0 saturated carbocycles. The van der Waals surface area contributed by atoms with Gasteiger partial charge in [0.25, 0.3) is 11.5 Å². The van der Waals surface area contributed by atoms with E-state index < -0.39 is 5.91 Å². The highest BCUT2D eigenvalue weighted by atomic mass is 16.2. The summed E-state index contributed by atoms with van der Waals surface area (Å²) in [4.78, 5) is 25.6. The van der Waals surface area contributed by atoms with E-state index in [9.17, 15) is 9.59 Å². The number of hydrogen-bond acceptors (Lipinski definition) is 6. The van der Waals surface area contributed by atoms with Crippen LogP contribution < -0.4 is 10.9 Å². The fourth-order valence-corrected chi connectivity index (χ4v) is 1.57. The molecule has 0 radical (unpaired) electrons. The minimum absolute atomic E-state index is 0.121. The third-order valence-corrected chi connectivity index (χ3v) is 2.46. The molecule has 3 heterocycles. The van der Waals surface area contributed by atoms with Crippen molar-refractivity contribution in [2.75, 3.05) is 0 Å².